The largest absolute Gasteiger partial charge is 0.496 e. The summed E-state index contributed by atoms with van der Waals surface area (Å²) in [4.78, 5) is 9.11. The number of fused-ring (bicyclic) bond motifs is 1. The van der Waals surface area contributed by atoms with Crippen LogP contribution in [0.3, 0.4) is 0 Å². The quantitative estimate of drug-likeness (QED) is 0.586. The molecule has 0 radical (unpaired) electrons. The number of nitrogens with one attached hydrogen (secondary N) is 1. The Morgan fingerprint density at radius 3 is 2.65 bits per heavy atom. The van der Waals surface area contributed by atoms with Crippen LogP contribution in [0.25, 0.3) is 17.0 Å². The molecule has 5 nitrogen and oxygen atoms in total. The molecule has 0 saturated carbocycles. The predicted molar refractivity (Wildman–Crippen MR) is 103 cm³/mol. The third-order valence-electron chi connectivity index (χ3n) is 4.37. The number of anilines is 1. The fourth-order valence-electron chi connectivity index (χ4n) is 3.00. The average molecular weight is 344 g/mol. The van der Waals surface area contributed by atoms with Crippen molar-refractivity contribution in [2.75, 3.05) is 12.4 Å². The van der Waals surface area contributed by atoms with Crippen molar-refractivity contribution in [3.8, 4) is 17.0 Å². The number of rotatable bonds is 5. The molecule has 2 heterocycles. The van der Waals surface area contributed by atoms with Crippen LogP contribution in [-0.4, -0.2) is 21.5 Å². The molecule has 5 heteroatoms. The van der Waals surface area contributed by atoms with Crippen LogP contribution in [0.1, 0.15) is 11.1 Å². The van der Waals surface area contributed by atoms with E-state index in [4.69, 9.17) is 9.72 Å². The van der Waals surface area contributed by atoms with E-state index in [2.05, 4.69) is 47.6 Å². The molecular formula is C21H20N4O. The molecule has 26 heavy (non-hydrogen) atoms. The van der Waals surface area contributed by atoms with Crippen LogP contribution in [0, 0.1) is 6.92 Å². The summed E-state index contributed by atoms with van der Waals surface area (Å²) in [6.07, 6.45) is 3.73. The highest BCUT2D eigenvalue weighted by molar-refractivity contribution is 5.75. The van der Waals surface area contributed by atoms with Gasteiger partial charge in [0.25, 0.3) is 0 Å². The zero-order chi connectivity index (χ0) is 17.9. The second kappa shape index (κ2) is 6.88. The highest BCUT2D eigenvalue weighted by Gasteiger charge is 2.15. The minimum Gasteiger partial charge on any atom is -0.496 e. The first-order valence-corrected chi connectivity index (χ1v) is 8.52. The van der Waals surface area contributed by atoms with Gasteiger partial charge in [0.1, 0.15) is 17.3 Å². The van der Waals surface area contributed by atoms with E-state index >= 15 is 0 Å². The van der Waals surface area contributed by atoms with Crippen molar-refractivity contribution in [1.82, 2.24) is 14.4 Å². The number of para-hydroxylation sites is 1. The number of hydrogen-bond donors (Lipinski definition) is 1. The molecule has 0 aliphatic rings. The molecule has 0 fully saturated rings. The van der Waals surface area contributed by atoms with Gasteiger partial charge in [-0.1, -0.05) is 48.0 Å². The molecule has 130 valence electrons. The molecule has 2 aromatic heterocycles. The molecule has 4 rings (SSSR count). The van der Waals surface area contributed by atoms with Gasteiger partial charge in [0.2, 0.25) is 5.78 Å². The molecular weight excluding hydrogens is 324 g/mol. The van der Waals surface area contributed by atoms with Crippen molar-refractivity contribution < 1.29 is 4.74 Å². The van der Waals surface area contributed by atoms with E-state index in [0.29, 0.717) is 12.3 Å². The van der Waals surface area contributed by atoms with Crippen LogP contribution in [0.5, 0.6) is 5.75 Å². The van der Waals surface area contributed by atoms with Crippen LogP contribution in [0.4, 0.5) is 5.82 Å². The van der Waals surface area contributed by atoms with Crippen molar-refractivity contribution >= 4 is 11.6 Å². The van der Waals surface area contributed by atoms with Gasteiger partial charge in [-0.05, 0) is 19.1 Å². The van der Waals surface area contributed by atoms with E-state index < -0.39 is 0 Å². The Morgan fingerprint density at radius 2 is 1.85 bits per heavy atom. The van der Waals surface area contributed by atoms with E-state index in [1.807, 2.05) is 34.9 Å². The number of imidazole rings is 1. The average Bonchev–Trinajstić information content (AvgIpc) is 3.05. The Hall–Kier alpha value is -3.34. The molecule has 0 saturated heterocycles. The number of hydrogen-bond acceptors (Lipinski definition) is 4. The molecule has 0 spiro atoms. The molecule has 0 atom stereocenters. The maximum absolute atomic E-state index is 5.46. The lowest BCUT2D eigenvalue weighted by molar-refractivity contribution is 0.410. The Kier molecular flexibility index (Phi) is 4.27. The zero-order valence-corrected chi connectivity index (χ0v) is 14.8. The van der Waals surface area contributed by atoms with E-state index in [9.17, 15) is 0 Å². The van der Waals surface area contributed by atoms with Gasteiger partial charge < -0.3 is 10.1 Å². The van der Waals surface area contributed by atoms with Gasteiger partial charge in [-0.15, -0.1) is 0 Å². The minimum atomic E-state index is 0.631. The number of benzene rings is 2. The first-order chi connectivity index (χ1) is 12.8. The third kappa shape index (κ3) is 2.99. The normalized spacial score (nSPS) is 10.8. The summed E-state index contributed by atoms with van der Waals surface area (Å²) in [6, 6.07) is 18.3. The third-order valence-corrected chi connectivity index (χ3v) is 4.37. The molecule has 0 bridgehead atoms. The Morgan fingerprint density at radius 1 is 1.04 bits per heavy atom. The topological polar surface area (TPSA) is 51.5 Å². The fourth-order valence-corrected chi connectivity index (χ4v) is 3.00. The lowest BCUT2D eigenvalue weighted by Gasteiger charge is -2.11. The van der Waals surface area contributed by atoms with E-state index in [-0.39, 0.29) is 0 Å². The number of nitrogens with zero attached hydrogens (tertiary/aromatic N) is 3. The molecule has 0 aliphatic heterocycles. The summed E-state index contributed by atoms with van der Waals surface area (Å²) in [6.45, 7) is 2.71. The molecule has 1 N–H and O–H groups in total. The van der Waals surface area contributed by atoms with Crippen LogP contribution in [0.2, 0.25) is 0 Å². The minimum absolute atomic E-state index is 0.631. The smallest absolute Gasteiger partial charge is 0.235 e. The van der Waals surface area contributed by atoms with Crippen molar-refractivity contribution in [2.24, 2.45) is 0 Å². The Bertz CT molecular complexity index is 1040. The standard InChI is InChI=1S/C21H20N4O/c1-15-8-10-16(11-9-15)19-20(25-13-5-12-22-21(25)24-19)23-14-17-6-3-4-7-18(17)26-2/h3-13,23H,14H2,1-2H3. The van der Waals surface area contributed by atoms with Crippen LogP contribution in [-0.2, 0) is 6.54 Å². The van der Waals surface area contributed by atoms with Crippen molar-refractivity contribution in [3.63, 3.8) is 0 Å². The summed E-state index contributed by atoms with van der Waals surface area (Å²) >= 11 is 0. The fraction of sp³-hybridized carbons (Fsp3) is 0.143. The van der Waals surface area contributed by atoms with E-state index in [1.54, 1.807) is 13.3 Å². The summed E-state index contributed by atoms with van der Waals surface area (Å²) in [5.74, 6) is 2.46. The summed E-state index contributed by atoms with van der Waals surface area (Å²) in [5.41, 5.74) is 4.25. The maximum atomic E-state index is 5.46. The predicted octanol–water partition coefficient (Wildman–Crippen LogP) is 4.33. The van der Waals surface area contributed by atoms with Gasteiger partial charge >= 0.3 is 0 Å². The van der Waals surface area contributed by atoms with Gasteiger partial charge in [-0.2, -0.15) is 0 Å². The van der Waals surface area contributed by atoms with E-state index in [1.165, 1.54) is 5.56 Å². The highest BCUT2D eigenvalue weighted by Crippen LogP contribution is 2.29. The van der Waals surface area contributed by atoms with Crippen molar-refractivity contribution in [1.29, 1.82) is 0 Å². The molecule has 4 aromatic rings. The molecule has 0 aliphatic carbocycles. The van der Waals surface area contributed by atoms with Gasteiger partial charge in [0, 0.05) is 30.1 Å². The Labute approximate surface area is 152 Å². The number of ether oxygens (including phenoxy) is 1. The first kappa shape index (κ1) is 16.1. The summed E-state index contributed by atoms with van der Waals surface area (Å²) in [5, 5.41) is 3.52. The van der Waals surface area contributed by atoms with Crippen LogP contribution < -0.4 is 10.1 Å². The number of methoxy groups -OCH3 is 1. The molecule has 2 aromatic carbocycles. The first-order valence-electron chi connectivity index (χ1n) is 8.52. The zero-order valence-electron chi connectivity index (χ0n) is 14.8. The summed E-state index contributed by atoms with van der Waals surface area (Å²) < 4.78 is 7.43. The lowest BCUT2D eigenvalue weighted by Crippen LogP contribution is -2.05. The lowest BCUT2D eigenvalue weighted by atomic mass is 10.1. The molecule has 0 amide bonds. The van der Waals surface area contributed by atoms with Gasteiger partial charge in [-0.3, -0.25) is 4.40 Å². The second-order valence-corrected chi connectivity index (χ2v) is 6.13. The monoisotopic (exact) mass is 344 g/mol. The van der Waals surface area contributed by atoms with Gasteiger partial charge in [0.15, 0.2) is 0 Å². The summed E-state index contributed by atoms with van der Waals surface area (Å²) in [7, 11) is 1.69. The Balaban J connectivity index is 1.75. The maximum Gasteiger partial charge on any atom is 0.235 e. The van der Waals surface area contributed by atoms with E-state index in [0.717, 1.165) is 28.4 Å². The van der Waals surface area contributed by atoms with Gasteiger partial charge in [-0.25, -0.2) is 9.97 Å². The highest BCUT2D eigenvalue weighted by atomic mass is 16.5. The van der Waals surface area contributed by atoms with Crippen LogP contribution >= 0.6 is 0 Å². The number of aromatic nitrogens is 3. The number of aryl methyl sites for hydroxylation is 1. The van der Waals surface area contributed by atoms with Crippen molar-refractivity contribution in [2.45, 2.75) is 13.5 Å². The second-order valence-electron chi connectivity index (χ2n) is 6.13. The van der Waals surface area contributed by atoms with Crippen molar-refractivity contribution in [3.05, 3.63) is 78.1 Å². The SMILES string of the molecule is COc1ccccc1CNc1c(-c2ccc(C)cc2)nc2ncccn12. The van der Waals surface area contributed by atoms with Crippen LogP contribution in [0.15, 0.2) is 67.0 Å². The van der Waals surface area contributed by atoms with Gasteiger partial charge in [0.05, 0.1) is 7.11 Å². The molecule has 0 unspecified atom stereocenters.